The molecular weight excluding hydrogens is 380 g/mol. The highest BCUT2D eigenvalue weighted by atomic mass is 16.2. The van der Waals surface area contributed by atoms with Gasteiger partial charge in [0.05, 0.1) is 6.54 Å². The molecule has 4 rings (SSSR count). The molecule has 1 amide bonds. The number of nitrogens with zero attached hydrogens (tertiary/aromatic N) is 2. The number of amides is 1. The standard InChI is InChI=1S/C23H30N4O3/c1-2-10-26(19(28)13-18-12-16-8-9-17(18)11-16)20-21(24)27(23(30)25-22(20)29)14-15-6-4-3-5-7-15/h3-7,16-18H,2,8-14,24H2,1H3,(H,25,29,30)/t16-,17-,18-/m1/s1. The third kappa shape index (κ3) is 3.93. The van der Waals surface area contributed by atoms with E-state index < -0.39 is 11.2 Å². The predicted octanol–water partition coefficient (Wildman–Crippen LogP) is 2.74. The van der Waals surface area contributed by atoms with Gasteiger partial charge in [-0.1, -0.05) is 43.7 Å². The maximum atomic E-state index is 13.3. The molecule has 2 aliphatic rings. The molecule has 3 N–H and O–H groups in total. The Morgan fingerprint density at radius 3 is 2.60 bits per heavy atom. The van der Waals surface area contributed by atoms with Gasteiger partial charge in [0.15, 0.2) is 5.69 Å². The summed E-state index contributed by atoms with van der Waals surface area (Å²) in [6.45, 7) is 2.59. The number of aromatic nitrogens is 2. The zero-order chi connectivity index (χ0) is 21.3. The maximum absolute atomic E-state index is 13.3. The molecule has 0 spiro atoms. The smallest absolute Gasteiger partial charge is 0.330 e. The number of rotatable bonds is 7. The van der Waals surface area contributed by atoms with Crippen molar-refractivity contribution in [3.8, 4) is 0 Å². The van der Waals surface area contributed by atoms with E-state index in [2.05, 4.69) is 4.98 Å². The lowest BCUT2D eigenvalue weighted by Gasteiger charge is -2.27. The third-order valence-corrected chi connectivity index (χ3v) is 6.74. The predicted molar refractivity (Wildman–Crippen MR) is 117 cm³/mol. The molecule has 0 unspecified atom stereocenters. The summed E-state index contributed by atoms with van der Waals surface area (Å²) < 4.78 is 1.33. The van der Waals surface area contributed by atoms with E-state index in [-0.39, 0.29) is 24.0 Å². The van der Waals surface area contributed by atoms with Gasteiger partial charge >= 0.3 is 5.69 Å². The van der Waals surface area contributed by atoms with Gasteiger partial charge in [0.1, 0.15) is 5.82 Å². The number of hydrogen-bond acceptors (Lipinski definition) is 4. The minimum atomic E-state index is -0.600. The monoisotopic (exact) mass is 410 g/mol. The molecule has 7 heteroatoms. The summed E-state index contributed by atoms with van der Waals surface area (Å²) in [7, 11) is 0. The highest BCUT2D eigenvalue weighted by Gasteiger charge is 2.41. The Labute approximate surface area is 175 Å². The van der Waals surface area contributed by atoms with E-state index in [4.69, 9.17) is 5.73 Å². The molecule has 1 heterocycles. The van der Waals surface area contributed by atoms with Crippen LogP contribution in [0.3, 0.4) is 0 Å². The van der Waals surface area contributed by atoms with Crippen LogP contribution >= 0.6 is 0 Å². The van der Waals surface area contributed by atoms with Crippen LogP contribution in [0.4, 0.5) is 11.5 Å². The summed E-state index contributed by atoms with van der Waals surface area (Å²) in [5.74, 6) is 1.75. The van der Waals surface area contributed by atoms with E-state index in [9.17, 15) is 14.4 Å². The number of carbonyl (C=O) groups excluding carboxylic acids is 1. The van der Waals surface area contributed by atoms with Gasteiger partial charge in [0, 0.05) is 13.0 Å². The van der Waals surface area contributed by atoms with Crippen LogP contribution < -0.4 is 21.9 Å². The number of hydrogen-bond donors (Lipinski definition) is 2. The van der Waals surface area contributed by atoms with Gasteiger partial charge < -0.3 is 10.6 Å². The topological polar surface area (TPSA) is 101 Å². The average molecular weight is 411 g/mol. The molecule has 30 heavy (non-hydrogen) atoms. The van der Waals surface area contributed by atoms with Gasteiger partial charge in [0.25, 0.3) is 5.56 Å². The zero-order valence-electron chi connectivity index (χ0n) is 17.5. The first-order valence-corrected chi connectivity index (χ1v) is 10.9. The van der Waals surface area contributed by atoms with E-state index in [1.165, 1.54) is 28.7 Å². The fourth-order valence-corrected chi connectivity index (χ4v) is 5.31. The summed E-state index contributed by atoms with van der Waals surface area (Å²) >= 11 is 0. The van der Waals surface area contributed by atoms with E-state index in [0.29, 0.717) is 31.2 Å². The molecule has 2 aromatic rings. The van der Waals surface area contributed by atoms with Crippen LogP contribution in [0.2, 0.25) is 0 Å². The summed E-state index contributed by atoms with van der Waals surface area (Å²) in [4.78, 5) is 42.3. The van der Waals surface area contributed by atoms with Crippen molar-refractivity contribution in [1.29, 1.82) is 0 Å². The number of fused-ring (bicyclic) bond motifs is 2. The Morgan fingerprint density at radius 1 is 1.20 bits per heavy atom. The van der Waals surface area contributed by atoms with Crippen molar-refractivity contribution in [1.82, 2.24) is 9.55 Å². The fourth-order valence-electron chi connectivity index (χ4n) is 5.31. The Bertz CT molecular complexity index is 1030. The van der Waals surface area contributed by atoms with Crippen LogP contribution in [-0.2, 0) is 11.3 Å². The summed E-state index contributed by atoms with van der Waals surface area (Å²) in [5.41, 5.74) is 6.14. The number of anilines is 2. The Hall–Kier alpha value is -2.83. The Balaban J connectivity index is 1.65. The lowest BCUT2D eigenvalue weighted by atomic mass is 9.86. The molecule has 1 aromatic carbocycles. The van der Waals surface area contributed by atoms with Crippen molar-refractivity contribution >= 4 is 17.4 Å². The molecule has 2 saturated carbocycles. The van der Waals surface area contributed by atoms with Crippen LogP contribution in [0, 0.1) is 17.8 Å². The number of nitrogens with two attached hydrogens (primary N) is 1. The first kappa shape index (κ1) is 20.4. The Morgan fingerprint density at radius 2 is 1.97 bits per heavy atom. The van der Waals surface area contributed by atoms with E-state index >= 15 is 0 Å². The number of nitrogen functional groups attached to an aromatic ring is 1. The summed E-state index contributed by atoms with van der Waals surface area (Å²) in [6.07, 6.45) is 5.97. The molecule has 3 atom stereocenters. The molecule has 2 fully saturated rings. The molecule has 2 bridgehead atoms. The minimum Gasteiger partial charge on any atom is -0.383 e. The van der Waals surface area contributed by atoms with Crippen molar-refractivity contribution < 1.29 is 4.79 Å². The number of aromatic amines is 1. The highest BCUT2D eigenvalue weighted by molar-refractivity contribution is 5.95. The van der Waals surface area contributed by atoms with Crippen molar-refractivity contribution in [2.75, 3.05) is 17.2 Å². The second kappa shape index (κ2) is 8.50. The molecule has 0 saturated heterocycles. The normalized spacial score (nSPS) is 22.4. The third-order valence-electron chi connectivity index (χ3n) is 6.74. The van der Waals surface area contributed by atoms with Crippen molar-refractivity contribution in [3.63, 3.8) is 0 Å². The van der Waals surface area contributed by atoms with E-state index in [1.807, 2.05) is 37.3 Å². The number of benzene rings is 1. The number of H-pyrrole nitrogens is 1. The minimum absolute atomic E-state index is 0.0438. The van der Waals surface area contributed by atoms with E-state index in [1.54, 1.807) is 0 Å². The van der Waals surface area contributed by atoms with Gasteiger partial charge in [-0.15, -0.1) is 0 Å². The van der Waals surface area contributed by atoms with Crippen molar-refractivity contribution in [2.24, 2.45) is 17.8 Å². The van der Waals surface area contributed by atoms with Gasteiger partial charge in [0.2, 0.25) is 5.91 Å². The van der Waals surface area contributed by atoms with Gasteiger partial charge in [-0.3, -0.25) is 19.1 Å². The van der Waals surface area contributed by atoms with Crippen molar-refractivity contribution in [3.05, 3.63) is 56.7 Å². The van der Waals surface area contributed by atoms with Gasteiger partial charge in [-0.25, -0.2) is 4.79 Å². The van der Waals surface area contributed by atoms with Gasteiger partial charge in [-0.05, 0) is 49.0 Å². The lowest BCUT2D eigenvalue weighted by molar-refractivity contribution is -0.119. The molecule has 7 nitrogen and oxygen atoms in total. The second-order valence-corrected chi connectivity index (χ2v) is 8.75. The first-order chi connectivity index (χ1) is 14.5. The van der Waals surface area contributed by atoms with Crippen LogP contribution in [0.5, 0.6) is 0 Å². The summed E-state index contributed by atoms with van der Waals surface area (Å²) in [5, 5.41) is 0. The maximum Gasteiger partial charge on any atom is 0.330 e. The molecule has 0 radical (unpaired) electrons. The Kier molecular flexibility index (Phi) is 5.79. The van der Waals surface area contributed by atoms with E-state index in [0.717, 1.165) is 17.9 Å². The highest BCUT2D eigenvalue weighted by Crippen LogP contribution is 2.49. The quantitative estimate of drug-likeness (QED) is 0.733. The van der Waals surface area contributed by atoms with Gasteiger partial charge in [-0.2, -0.15) is 0 Å². The average Bonchev–Trinajstić information content (AvgIpc) is 3.34. The van der Waals surface area contributed by atoms with Crippen LogP contribution in [0.25, 0.3) is 0 Å². The van der Waals surface area contributed by atoms with Crippen LogP contribution in [0.15, 0.2) is 39.9 Å². The molecule has 0 aliphatic heterocycles. The molecule has 2 aliphatic carbocycles. The lowest BCUT2D eigenvalue weighted by Crippen LogP contribution is -2.42. The molecular formula is C23H30N4O3. The van der Waals surface area contributed by atoms with Crippen molar-refractivity contribution in [2.45, 2.75) is 52.0 Å². The number of nitrogens with one attached hydrogen (secondary N) is 1. The van der Waals surface area contributed by atoms with Crippen LogP contribution in [0.1, 0.15) is 51.0 Å². The fraction of sp³-hybridized carbons (Fsp3) is 0.522. The van der Waals surface area contributed by atoms with Crippen LogP contribution in [-0.4, -0.2) is 22.0 Å². The number of carbonyl (C=O) groups is 1. The largest absolute Gasteiger partial charge is 0.383 e. The molecule has 1 aromatic heterocycles. The first-order valence-electron chi connectivity index (χ1n) is 10.9. The summed E-state index contributed by atoms with van der Waals surface area (Å²) in [6, 6.07) is 9.43. The molecule has 160 valence electrons. The second-order valence-electron chi connectivity index (χ2n) is 8.75. The zero-order valence-corrected chi connectivity index (χ0v) is 17.5. The SMILES string of the molecule is CCCN(C(=O)C[C@H]1C[C@@H]2CC[C@@H]1C2)c1c(N)n(Cc2ccccc2)c(=O)[nH]c1=O.